The molecule has 0 aliphatic heterocycles. The number of aromatic nitrogens is 2. The van der Waals surface area contributed by atoms with Crippen LogP contribution in [0.4, 0.5) is 0 Å². The van der Waals surface area contributed by atoms with Crippen molar-refractivity contribution in [2.45, 2.75) is 18.8 Å². The van der Waals surface area contributed by atoms with Gasteiger partial charge in [0.25, 0.3) is 0 Å². The monoisotopic (exact) mass is 323 g/mol. The standard InChI is InChI=1S/C18H17N3O3/c22-17(14-11-13(14)15-7-4-10-23-15)19-9-8-16-20-21-18(24-16)12-5-2-1-3-6-12/h1-7,10,13-14H,8-9,11H2,(H,19,22)/t13-,14+/m1/s1. The van der Waals surface area contributed by atoms with E-state index in [4.69, 9.17) is 8.83 Å². The second kappa shape index (κ2) is 6.31. The van der Waals surface area contributed by atoms with Crippen LogP contribution in [-0.4, -0.2) is 22.6 Å². The zero-order valence-electron chi connectivity index (χ0n) is 13.0. The average molecular weight is 323 g/mol. The Morgan fingerprint density at radius 3 is 2.83 bits per heavy atom. The van der Waals surface area contributed by atoms with E-state index in [1.807, 2.05) is 42.5 Å². The second-order valence-electron chi connectivity index (χ2n) is 5.87. The molecule has 6 nitrogen and oxygen atoms in total. The number of nitrogens with one attached hydrogen (secondary N) is 1. The first-order chi connectivity index (χ1) is 11.8. The van der Waals surface area contributed by atoms with E-state index in [-0.39, 0.29) is 17.7 Å². The summed E-state index contributed by atoms with van der Waals surface area (Å²) in [6.45, 7) is 0.483. The van der Waals surface area contributed by atoms with Crippen LogP contribution >= 0.6 is 0 Å². The van der Waals surface area contributed by atoms with Gasteiger partial charge < -0.3 is 14.2 Å². The first-order valence-electron chi connectivity index (χ1n) is 8.00. The number of rotatable bonds is 6. The molecule has 1 N–H and O–H groups in total. The first kappa shape index (κ1) is 14.7. The van der Waals surface area contributed by atoms with E-state index in [0.717, 1.165) is 17.7 Å². The zero-order valence-corrected chi connectivity index (χ0v) is 13.0. The van der Waals surface area contributed by atoms with Gasteiger partial charge in [0.05, 0.1) is 6.26 Å². The van der Waals surface area contributed by atoms with Crippen LogP contribution in [0.5, 0.6) is 0 Å². The molecular weight excluding hydrogens is 306 g/mol. The number of carbonyl (C=O) groups is 1. The van der Waals surface area contributed by atoms with Gasteiger partial charge in [-0.15, -0.1) is 10.2 Å². The van der Waals surface area contributed by atoms with E-state index in [0.29, 0.717) is 24.7 Å². The van der Waals surface area contributed by atoms with Crippen molar-refractivity contribution < 1.29 is 13.6 Å². The Balaban J connectivity index is 1.26. The molecular formula is C18H17N3O3. The molecule has 3 aromatic rings. The number of amides is 1. The highest BCUT2D eigenvalue weighted by Gasteiger charge is 2.45. The first-order valence-corrected chi connectivity index (χ1v) is 8.00. The predicted octanol–water partition coefficient (Wildman–Crippen LogP) is 2.79. The fourth-order valence-corrected chi connectivity index (χ4v) is 2.78. The minimum Gasteiger partial charge on any atom is -0.469 e. The molecule has 122 valence electrons. The quantitative estimate of drug-likeness (QED) is 0.754. The number of carbonyl (C=O) groups excluding carboxylic acids is 1. The Morgan fingerprint density at radius 1 is 1.17 bits per heavy atom. The summed E-state index contributed by atoms with van der Waals surface area (Å²) in [5.41, 5.74) is 0.888. The van der Waals surface area contributed by atoms with Crippen LogP contribution in [-0.2, 0) is 11.2 Å². The summed E-state index contributed by atoms with van der Waals surface area (Å²) in [5.74, 6) is 2.19. The maximum atomic E-state index is 12.1. The molecule has 24 heavy (non-hydrogen) atoms. The summed E-state index contributed by atoms with van der Waals surface area (Å²) < 4.78 is 11.0. The Kier molecular flexibility index (Phi) is 3.86. The minimum atomic E-state index is 0.0127. The molecule has 1 aliphatic carbocycles. The third kappa shape index (κ3) is 3.08. The molecule has 2 aromatic heterocycles. The van der Waals surface area contributed by atoms with Crippen molar-refractivity contribution in [1.82, 2.24) is 15.5 Å². The van der Waals surface area contributed by atoms with Crippen molar-refractivity contribution in [1.29, 1.82) is 0 Å². The van der Waals surface area contributed by atoms with Gasteiger partial charge >= 0.3 is 0 Å². The Bertz CT molecular complexity index is 811. The maximum Gasteiger partial charge on any atom is 0.247 e. The van der Waals surface area contributed by atoms with E-state index >= 15 is 0 Å². The summed E-state index contributed by atoms with van der Waals surface area (Å²) in [5, 5.41) is 11.0. The van der Waals surface area contributed by atoms with E-state index < -0.39 is 0 Å². The molecule has 2 atom stereocenters. The molecule has 1 aromatic carbocycles. The largest absolute Gasteiger partial charge is 0.469 e. The van der Waals surface area contributed by atoms with Crippen LogP contribution in [0.25, 0.3) is 11.5 Å². The van der Waals surface area contributed by atoms with Crippen molar-refractivity contribution in [3.8, 4) is 11.5 Å². The molecule has 0 saturated heterocycles. The van der Waals surface area contributed by atoms with Crippen LogP contribution in [0.1, 0.15) is 24.0 Å². The normalized spacial score (nSPS) is 19.2. The molecule has 0 bridgehead atoms. The topological polar surface area (TPSA) is 81.2 Å². The molecule has 0 spiro atoms. The summed E-state index contributed by atoms with van der Waals surface area (Å²) >= 11 is 0. The van der Waals surface area contributed by atoms with Crippen molar-refractivity contribution in [3.63, 3.8) is 0 Å². The highest BCUT2D eigenvalue weighted by atomic mass is 16.4. The fraction of sp³-hybridized carbons (Fsp3) is 0.278. The lowest BCUT2D eigenvalue weighted by Crippen LogP contribution is -2.27. The van der Waals surface area contributed by atoms with Crippen molar-refractivity contribution in [3.05, 3.63) is 60.4 Å². The predicted molar refractivity (Wildman–Crippen MR) is 86.0 cm³/mol. The van der Waals surface area contributed by atoms with Gasteiger partial charge in [0.2, 0.25) is 17.7 Å². The van der Waals surface area contributed by atoms with E-state index in [1.165, 1.54) is 0 Å². The van der Waals surface area contributed by atoms with Gasteiger partial charge in [0.15, 0.2) is 0 Å². The maximum absolute atomic E-state index is 12.1. The fourth-order valence-electron chi connectivity index (χ4n) is 2.78. The molecule has 2 heterocycles. The third-order valence-corrected chi connectivity index (χ3v) is 4.16. The lowest BCUT2D eigenvalue weighted by molar-refractivity contribution is -0.122. The number of hydrogen-bond acceptors (Lipinski definition) is 5. The van der Waals surface area contributed by atoms with E-state index in [9.17, 15) is 4.79 Å². The van der Waals surface area contributed by atoms with Crippen molar-refractivity contribution in [2.75, 3.05) is 6.54 Å². The minimum absolute atomic E-state index is 0.0127. The summed E-state index contributed by atoms with van der Waals surface area (Å²) in [6, 6.07) is 13.4. The van der Waals surface area contributed by atoms with Crippen LogP contribution in [0.2, 0.25) is 0 Å². The SMILES string of the molecule is O=C(NCCc1nnc(-c2ccccc2)o1)[C@H]1C[C@H]1c1ccco1. The summed E-state index contributed by atoms with van der Waals surface area (Å²) in [4.78, 5) is 12.1. The zero-order chi connectivity index (χ0) is 16.4. The van der Waals surface area contributed by atoms with Gasteiger partial charge in [-0.3, -0.25) is 4.79 Å². The lowest BCUT2D eigenvalue weighted by Gasteiger charge is -2.02. The Labute approximate surface area is 138 Å². The highest BCUT2D eigenvalue weighted by Crippen LogP contribution is 2.47. The van der Waals surface area contributed by atoms with Crippen LogP contribution < -0.4 is 5.32 Å². The van der Waals surface area contributed by atoms with Gasteiger partial charge in [-0.1, -0.05) is 18.2 Å². The number of hydrogen-bond donors (Lipinski definition) is 1. The summed E-state index contributed by atoms with van der Waals surface area (Å²) in [7, 11) is 0. The molecule has 1 saturated carbocycles. The van der Waals surface area contributed by atoms with Gasteiger partial charge in [-0.05, 0) is 30.7 Å². The van der Waals surface area contributed by atoms with E-state index in [1.54, 1.807) is 6.26 Å². The Hall–Kier alpha value is -2.89. The van der Waals surface area contributed by atoms with Crippen LogP contribution in [0.3, 0.4) is 0 Å². The molecule has 6 heteroatoms. The Morgan fingerprint density at radius 2 is 2.04 bits per heavy atom. The number of benzene rings is 1. The molecule has 1 aliphatic rings. The molecule has 4 rings (SSSR count). The lowest BCUT2D eigenvalue weighted by atomic mass is 10.2. The summed E-state index contributed by atoms with van der Waals surface area (Å²) in [6.07, 6.45) is 3.00. The van der Waals surface area contributed by atoms with Crippen molar-refractivity contribution in [2.24, 2.45) is 5.92 Å². The number of furan rings is 1. The third-order valence-electron chi connectivity index (χ3n) is 4.16. The number of nitrogens with zero attached hydrogens (tertiary/aromatic N) is 2. The van der Waals surface area contributed by atoms with Gasteiger partial charge in [-0.2, -0.15) is 0 Å². The van der Waals surface area contributed by atoms with Crippen LogP contribution in [0, 0.1) is 5.92 Å². The van der Waals surface area contributed by atoms with Gasteiger partial charge in [0, 0.05) is 30.4 Å². The second-order valence-corrected chi connectivity index (χ2v) is 5.87. The van der Waals surface area contributed by atoms with Crippen LogP contribution in [0.15, 0.2) is 57.6 Å². The van der Waals surface area contributed by atoms with E-state index in [2.05, 4.69) is 15.5 Å². The van der Waals surface area contributed by atoms with Gasteiger partial charge in [0.1, 0.15) is 5.76 Å². The molecule has 0 unspecified atom stereocenters. The van der Waals surface area contributed by atoms with Gasteiger partial charge in [-0.25, -0.2) is 0 Å². The average Bonchev–Trinajstić information content (AvgIpc) is 3.01. The smallest absolute Gasteiger partial charge is 0.247 e. The molecule has 1 fully saturated rings. The molecule has 1 amide bonds. The molecule has 0 radical (unpaired) electrons. The van der Waals surface area contributed by atoms with Crippen molar-refractivity contribution >= 4 is 5.91 Å². The highest BCUT2D eigenvalue weighted by molar-refractivity contribution is 5.82.